The summed E-state index contributed by atoms with van der Waals surface area (Å²) in [4.78, 5) is 18.9. The molecule has 0 radical (unpaired) electrons. The van der Waals surface area contributed by atoms with Crippen LogP contribution in [0.4, 0.5) is 0 Å². The molecule has 2 aliphatic rings. The van der Waals surface area contributed by atoms with E-state index in [1.807, 2.05) is 17.8 Å². The second-order valence-electron chi connectivity index (χ2n) is 6.73. The van der Waals surface area contributed by atoms with Crippen LogP contribution in [0.1, 0.15) is 33.0 Å². The van der Waals surface area contributed by atoms with Gasteiger partial charge in [0.1, 0.15) is 5.60 Å². The van der Waals surface area contributed by atoms with E-state index in [9.17, 15) is 4.79 Å². The van der Waals surface area contributed by atoms with E-state index >= 15 is 0 Å². The number of nitrogens with one attached hydrogen (secondary N) is 2. The molecule has 2 N–H and O–H groups in total. The van der Waals surface area contributed by atoms with Crippen molar-refractivity contribution in [3.05, 3.63) is 33.8 Å². The molecule has 0 saturated carbocycles. The topological polar surface area (TPSA) is 68.2 Å². The number of rotatable bonds is 5. The molecule has 0 unspecified atom stereocenters. The van der Waals surface area contributed by atoms with Crippen LogP contribution in [0.15, 0.2) is 23.6 Å². The Morgan fingerprint density at radius 1 is 1.43 bits per heavy atom. The monoisotopic (exact) mass is 464 g/mol. The normalized spacial score (nSPS) is 17.3. The number of imidazole rings is 1. The van der Waals surface area contributed by atoms with Crippen LogP contribution in [0.5, 0.6) is 0 Å². The van der Waals surface area contributed by atoms with Crippen molar-refractivity contribution in [2.45, 2.75) is 30.0 Å². The highest BCUT2D eigenvalue weighted by molar-refractivity contribution is 7.99. The van der Waals surface area contributed by atoms with Gasteiger partial charge in [-0.2, -0.15) is 0 Å². The van der Waals surface area contributed by atoms with Crippen molar-refractivity contribution in [3.8, 4) is 0 Å². The quantitative estimate of drug-likeness (QED) is 0.525. The van der Waals surface area contributed by atoms with Gasteiger partial charge in [0.15, 0.2) is 5.16 Å². The lowest BCUT2D eigenvalue weighted by Gasteiger charge is -2.40. The molecule has 2 aliphatic heterocycles. The molecule has 2 aromatic rings. The first-order valence-electron chi connectivity index (χ1n) is 9.04. The number of amides is 1. The maximum Gasteiger partial charge on any atom is 0.261 e. The molecule has 6 nitrogen and oxygen atoms in total. The molecule has 10 heteroatoms. The number of piperidine rings is 1. The highest BCUT2D eigenvalue weighted by Gasteiger charge is 2.41. The molecule has 1 fully saturated rings. The van der Waals surface area contributed by atoms with Crippen LogP contribution in [-0.2, 0) is 23.8 Å². The number of ether oxygens (including phenoxy) is 1. The van der Waals surface area contributed by atoms with Crippen LogP contribution in [0, 0.1) is 0 Å². The minimum Gasteiger partial charge on any atom is -0.369 e. The molecule has 1 saturated heterocycles. The predicted octanol–water partition coefficient (Wildman–Crippen LogP) is 3.00. The van der Waals surface area contributed by atoms with Gasteiger partial charge in [0.05, 0.1) is 11.5 Å². The molecular weight excluding hydrogens is 439 g/mol. The molecule has 0 aromatic carbocycles. The minimum absolute atomic E-state index is 0. The summed E-state index contributed by atoms with van der Waals surface area (Å²) in [5.41, 5.74) is 1.13. The number of thioether (sulfide) groups is 1. The van der Waals surface area contributed by atoms with E-state index in [1.54, 1.807) is 29.3 Å². The van der Waals surface area contributed by atoms with Gasteiger partial charge < -0.3 is 19.9 Å². The molecule has 1 amide bonds. The van der Waals surface area contributed by atoms with Crippen molar-refractivity contribution in [3.63, 3.8) is 0 Å². The van der Waals surface area contributed by atoms with E-state index in [2.05, 4.69) is 21.7 Å². The first-order valence-corrected chi connectivity index (χ1v) is 10.8. The fourth-order valence-electron chi connectivity index (χ4n) is 3.62. The summed E-state index contributed by atoms with van der Waals surface area (Å²) in [7, 11) is 1.97. The van der Waals surface area contributed by atoms with Gasteiger partial charge >= 0.3 is 0 Å². The zero-order valence-corrected chi connectivity index (χ0v) is 19.0. The van der Waals surface area contributed by atoms with Gasteiger partial charge in [0.25, 0.3) is 5.91 Å². The number of carbonyl (C=O) groups is 1. The van der Waals surface area contributed by atoms with E-state index in [4.69, 9.17) is 4.74 Å². The third-order valence-corrected chi connectivity index (χ3v) is 7.42. The minimum atomic E-state index is -0.171. The smallest absolute Gasteiger partial charge is 0.261 e. The SMILES string of the molecule is Cl.Cl.Cn1ccnc1SCCNC(=O)c1cc2c(s1)C1(CCNCC1)OCC2. The van der Waals surface area contributed by atoms with Gasteiger partial charge in [0.2, 0.25) is 0 Å². The summed E-state index contributed by atoms with van der Waals surface area (Å²) >= 11 is 3.27. The number of aryl methyl sites for hydroxylation is 1. The summed E-state index contributed by atoms with van der Waals surface area (Å²) in [6, 6.07) is 2.08. The van der Waals surface area contributed by atoms with Gasteiger partial charge in [-0.25, -0.2) is 4.98 Å². The summed E-state index contributed by atoms with van der Waals surface area (Å²) in [5.74, 6) is 0.828. The molecule has 0 bridgehead atoms. The lowest BCUT2D eigenvalue weighted by atomic mass is 9.86. The number of carbonyl (C=O) groups excluding carboxylic acids is 1. The summed E-state index contributed by atoms with van der Waals surface area (Å²) in [6.07, 6.45) is 6.60. The number of aromatic nitrogens is 2. The summed E-state index contributed by atoms with van der Waals surface area (Å²) in [6.45, 7) is 3.34. The average Bonchev–Trinajstić information content (AvgIpc) is 3.27. The second kappa shape index (κ2) is 10.3. The zero-order valence-electron chi connectivity index (χ0n) is 15.7. The van der Waals surface area contributed by atoms with Crippen LogP contribution in [-0.4, -0.2) is 47.5 Å². The summed E-state index contributed by atoms with van der Waals surface area (Å²) in [5, 5.41) is 7.41. The Balaban J connectivity index is 0.00000140. The maximum absolute atomic E-state index is 12.6. The Bertz CT molecular complexity index is 790. The van der Waals surface area contributed by atoms with Crippen molar-refractivity contribution < 1.29 is 9.53 Å². The first kappa shape index (κ1) is 23.5. The van der Waals surface area contributed by atoms with Crippen molar-refractivity contribution in [2.24, 2.45) is 7.05 Å². The van der Waals surface area contributed by atoms with Crippen molar-refractivity contribution in [1.82, 2.24) is 20.2 Å². The lowest BCUT2D eigenvalue weighted by molar-refractivity contribution is -0.0771. The number of thiophene rings is 1. The lowest BCUT2D eigenvalue weighted by Crippen LogP contribution is -2.43. The predicted molar refractivity (Wildman–Crippen MR) is 119 cm³/mol. The fourth-order valence-corrected chi connectivity index (χ4v) is 5.73. The molecule has 2 aromatic heterocycles. The fraction of sp³-hybridized carbons (Fsp3) is 0.556. The Kier molecular flexibility index (Phi) is 8.66. The largest absolute Gasteiger partial charge is 0.369 e. The van der Waals surface area contributed by atoms with E-state index in [0.29, 0.717) is 6.54 Å². The van der Waals surface area contributed by atoms with Crippen molar-refractivity contribution in [1.29, 1.82) is 0 Å². The van der Waals surface area contributed by atoms with Crippen LogP contribution >= 0.6 is 47.9 Å². The molecular formula is C18H26Cl2N4O2S2. The van der Waals surface area contributed by atoms with E-state index in [-0.39, 0.29) is 36.3 Å². The van der Waals surface area contributed by atoms with Gasteiger partial charge in [-0.15, -0.1) is 36.2 Å². The van der Waals surface area contributed by atoms with Crippen molar-refractivity contribution in [2.75, 3.05) is 32.0 Å². The molecule has 156 valence electrons. The Labute approximate surface area is 186 Å². The number of halogens is 2. The number of hydrogen-bond acceptors (Lipinski definition) is 6. The molecule has 0 atom stereocenters. The number of nitrogens with zero attached hydrogens (tertiary/aromatic N) is 2. The first-order chi connectivity index (χ1) is 12.7. The average molecular weight is 465 g/mol. The van der Waals surface area contributed by atoms with Gasteiger partial charge in [-0.1, -0.05) is 11.8 Å². The highest BCUT2D eigenvalue weighted by atomic mass is 35.5. The van der Waals surface area contributed by atoms with Crippen LogP contribution < -0.4 is 10.6 Å². The van der Waals surface area contributed by atoms with Gasteiger partial charge in [-0.3, -0.25) is 4.79 Å². The van der Waals surface area contributed by atoms with E-state index in [1.165, 1.54) is 10.4 Å². The molecule has 28 heavy (non-hydrogen) atoms. The van der Waals surface area contributed by atoms with Gasteiger partial charge in [-0.05, 0) is 44.0 Å². The van der Waals surface area contributed by atoms with Gasteiger partial charge in [0, 0.05) is 36.6 Å². The Hall–Kier alpha value is -0.770. The van der Waals surface area contributed by atoms with Crippen LogP contribution in [0.25, 0.3) is 0 Å². The Morgan fingerprint density at radius 3 is 2.93 bits per heavy atom. The molecule has 4 rings (SSSR count). The number of hydrogen-bond donors (Lipinski definition) is 2. The van der Waals surface area contributed by atoms with Crippen LogP contribution in [0.2, 0.25) is 0 Å². The Morgan fingerprint density at radius 2 is 2.21 bits per heavy atom. The third-order valence-electron chi connectivity index (χ3n) is 5.00. The molecule has 0 aliphatic carbocycles. The standard InChI is InChI=1S/C18H24N4O2S2.2ClH/c1-22-9-7-21-17(22)25-11-8-20-16(23)14-12-13-2-10-24-18(15(13)26-14)3-5-19-6-4-18;;/h7,9,12,19H,2-6,8,10-11H2,1H3,(H,20,23);2*1H. The second-order valence-corrected chi connectivity index (χ2v) is 8.85. The van der Waals surface area contributed by atoms with E-state index in [0.717, 1.165) is 54.7 Å². The highest BCUT2D eigenvalue weighted by Crippen LogP contribution is 2.44. The van der Waals surface area contributed by atoms with Crippen LogP contribution in [0.3, 0.4) is 0 Å². The molecule has 1 spiro atoms. The summed E-state index contributed by atoms with van der Waals surface area (Å²) < 4.78 is 8.19. The zero-order chi connectivity index (χ0) is 18.0. The molecule has 4 heterocycles. The maximum atomic E-state index is 12.6. The van der Waals surface area contributed by atoms with E-state index < -0.39 is 0 Å². The van der Waals surface area contributed by atoms with Crippen molar-refractivity contribution >= 4 is 53.8 Å². The third kappa shape index (κ3) is 4.86. The number of fused-ring (bicyclic) bond motifs is 2.